The van der Waals surface area contributed by atoms with Crippen LogP contribution in [0.2, 0.25) is 0 Å². The molecule has 0 saturated heterocycles. The zero-order chi connectivity index (χ0) is 18.3. The third-order valence-corrected chi connectivity index (χ3v) is 4.62. The highest BCUT2D eigenvalue weighted by molar-refractivity contribution is 6.00. The SMILES string of the molecule is CC1(C)CCC(=CC(=O)Nc2ccc(C(=O)NCCCO)cc2)CC1. The van der Waals surface area contributed by atoms with E-state index in [1.54, 1.807) is 30.3 Å². The van der Waals surface area contributed by atoms with Gasteiger partial charge in [0.1, 0.15) is 0 Å². The predicted octanol–water partition coefficient (Wildman–Crippen LogP) is 3.26. The Labute approximate surface area is 149 Å². The van der Waals surface area contributed by atoms with Crippen LogP contribution in [-0.2, 0) is 4.79 Å². The van der Waals surface area contributed by atoms with E-state index in [9.17, 15) is 9.59 Å². The number of rotatable bonds is 6. The van der Waals surface area contributed by atoms with Crippen LogP contribution in [0.5, 0.6) is 0 Å². The van der Waals surface area contributed by atoms with Gasteiger partial charge < -0.3 is 15.7 Å². The molecule has 1 aliphatic rings. The lowest BCUT2D eigenvalue weighted by Gasteiger charge is -2.30. The van der Waals surface area contributed by atoms with Crippen LogP contribution in [0, 0.1) is 5.41 Å². The Morgan fingerprint density at radius 2 is 1.80 bits per heavy atom. The second-order valence-corrected chi connectivity index (χ2v) is 7.37. The van der Waals surface area contributed by atoms with Crippen LogP contribution in [0.15, 0.2) is 35.9 Å². The number of anilines is 1. The monoisotopic (exact) mass is 344 g/mol. The zero-order valence-corrected chi connectivity index (χ0v) is 15.1. The number of aliphatic hydroxyl groups excluding tert-OH is 1. The molecular formula is C20H28N2O3. The number of hydrogen-bond donors (Lipinski definition) is 3. The Hall–Kier alpha value is -2.14. The van der Waals surface area contributed by atoms with Crippen molar-refractivity contribution in [2.45, 2.75) is 46.0 Å². The molecule has 1 aliphatic carbocycles. The van der Waals surface area contributed by atoms with Gasteiger partial charge in [-0.3, -0.25) is 9.59 Å². The van der Waals surface area contributed by atoms with E-state index in [2.05, 4.69) is 24.5 Å². The van der Waals surface area contributed by atoms with Crippen molar-refractivity contribution < 1.29 is 14.7 Å². The molecule has 2 rings (SSSR count). The van der Waals surface area contributed by atoms with Crippen molar-refractivity contribution >= 4 is 17.5 Å². The lowest BCUT2D eigenvalue weighted by atomic mass is 9.75. The summed E-state index contributed by atoms with van der Waals surface area (Å²) in [5, 5.41) is 14.3. The summed E-state index contributed by atoms with van der Waals surface area (Å²) in [7, 11) is 0. The van der Waals surface area contributed by atoms with Crippen LogP contribution in [0.1, 0.15) is 56.3 Å². The quantitative estimate of drug-likeness (QED) is 0.547. The number of carbonyl (C=O) groups excluding carboxylic acids is 2. The summed E-state index contributed by atoms with van der Waals surface area (Å²) in [6, 6.07) is 6.81. The van der Waals surface area contributed by atoms with Gasteiger partial charge in [0.2, 0.25) is 5.91 Å². The Kier molecular flexibility index (Phi) is 6.76. The lowest BCUT2D eigenvalue weighted by Crippen LogP contribution is -2.24. The van der Waals surface area contributed by atoms with Crippen molar-refractivity contribution in [3.05, 3.63) is 41.5 Å². The third-order valence-electron chi connectivity index (χ3n) is 4.62. The van der Waals surface area contributed by atoms with E-state index >= 15 is 0 Å². The maximum atomic E-state index is 12.1. The number of amides is 2. The fourth-order valence-corrected chi connectivity index (χ4v) is 2.84. The van der Waals surface area contributed by atoms with Gasteiger partial charge in [0.15, 0.2) is 0 Å². The van der Waals surface area contributed by atoms with E-state index in [1.807, 2.05) is 0 Å². The Balaban J connectivity index is 1.86. The topological polar surface area (TPSA) is 78.4 Å². The van der Waals surface area contributed by atoms with Crippen molar-refractivity contribution in [2.24, 2.45) is 5.41 Å². The summed E-state index contributed by atoms with van der Waals surface area (Å²) < 4.78 is 0. The minimum absolute atomic E-state index is 0.0538. The van der Waals surface area contributed by atoms with Gasteiger partial charge in [0, 0.05) is 30.5 Å². The van der Waals surface area contributed by atoms with E-state index in [0.717, 1.165) is 25.7 Å². The first-order valence-corrected chi connectivity index (χ1v) is 8.89. The van der Waals surface area contributed by atoms with Crippen molar-refractivity contribution in [1.82, 2.24) is 5.32 Å². The normalized spacial score (nSPS) is 16.2. The van der Waals surface area contributed by atoms with E-state index < -0.39 is 0 Å². The highest BCUT2D eigenvalue weighted by atomic mass is 16.3. The molecule has 0 spiro atoms. The van der Waals surface area contributed by atoms with E-state index in [0.29, 0.717) is 29.6 Å². The molecule has 1 saturated carbocycles. The summed E-state index contributed by atoms with van der Waals surface area (Å²) in [5.41, 5.74) is 2.78. The van der Waals surface area contributed by atoms with Crippen molar-refractivity contribution in [3.8, 4) is 0 Å². The molecule has 0 unspecified atom stereocenters. The second-order valence-electron chi connectivity index (χ2n) is 7.37. The maximum absolute atomic E-state index is 12.1. The number of benzene rings is 1. The van der Waals surface area contributed by atoms with E-state index in [1.165, 1.54) is 5.57 Å². The highest BCUT2D eigenvalue weighted by Gasteiger charge is 2.23. The van der Waals surface area contributed by atoms with Gasteiger partial charge in [0.25, 0.3) is 5.91 Å². The molecule has 1 aromatic carbocycles. The molecule has 136 valence electrons. The molecule has 1 aromatic rings. The fourth-order valence-electron chi connectivity index (χ4n) is 2.84. The van der Waals surface area contributed by atoms with Crippen LogP contribution < -0.4 is 10.6 Å². The largest absolute Gasteiger partial charge is 0.396 e. The minimum atomic E-state index is -0.182. The number of aliphatic hydroxyl groups is 1. The lowest BCUT2D eigenvalue weighted by molar-refractivity contribution is -0.112. The Morgan fingerprint density at radius 1 is 1.16 bits per heavy atom. The minimum Gasteiger partial charge on any atom is -0.396 e. The van der Waals surface area contributed by atoms with Gasteiger partial charge in [-0.05, 0) is 61.8 Å². The maximum Gasteiger partial charge on any atom is 0.251 e. The molecule has 2 amide bonds. The van der Waals surface area contributed by atoms with Crippen molar-refractivity contribution in [3.63, 3.8) is 0 Å². The fraction of sp³-hybridized carbons (Fsp3) is 0.500. The van der Waals surface area contributed by atoms with Gasteiger partial charge >= 0.3 is 0 Å². The molecule has 0 atom stereocenters. The Bertz CT molecular complexity index is 621. The molecule has 5 heteroatoms. The molecule has 0 aliphatic heterocycles. The Morgan fingerprint density at radius 3 is 2.40 bits per heavy atom. The van der Waals surface area contributed by atoms with E-state index in [-0.39, 0.29) is 18.4 Å². The zero-order valence-electron chi connectivity index (χ0n) is 15.1. The summed E-state index contributed by atoms with van der Waals surface area (Å²) in [4.78, 5) is 24.0. The molecule has 0 heterocycles. The molecule has 0 radical (unpaired) electrons. The second kappa shape index (κ2) is 8.81. The van der Waals surface area contributed by atoms with Crippen LogP contribution in [-0.4, -0.2) is 30.1 Å². The van der Waals surface area contributed by atoms with Crippen molar-refractivity contribution in [2.75, 3.05) is 18.5 Å². The summed E-state index contributed by atoms with van der Waals surface area (Å²) >= 11 is 0. The van der Waals surface area contributed by atoms with Crippen molar-refractivity contribution in [1.29, 1.82) is 0 Å². The molecule has 3 N–H and O–H groups in total. The summed E-state index contributed by atoms with van der Waals surface area (Å²) in [6.45, 7) is 5.03. The summed E-state index contributed by atoms with van der Waals surface area (Å²) in [5.74, 6) is -0.298. The van der Waals surface area contributed by atoms with Crippen LogP contribution in [0.4, 0.5) is 5.69 Å². The number of carbonyl (C=O) groups is 2. The van der Waals surface area contributed by atoms with Crippen LogP contribution >= 0.6 is 0 Å². The van der Waals surface area contributed by atoms with Gasteiger partial charge in [-0.15, -0.1) is 0 Å². The standard InChI is InChI=1S/C20H28N2O3/c1-20(2)10-8-15(9-11-20)14-18(24)22-17-6-4-16(5-7-17)19(25)21-12-3-13-23/h4-7,14,23H,3,8-13H2,1-2H3,(H,21,25)(H,22,24). The van der Waals surface area contributed by atoms with Gasteiger partial charge in [-0.2, -0.15) is 0 Å². The molecule has 0 bridgehead atoms. The summed E-state index contributed by atoms with van der Waals surface area (Å²) in [6.07, 6.45) is 6.44. The van der Waals surface area contributed by atoms with Gasteiger partial charge in [-0.1, -0.05) is 19.4 Å². The van der Waals surface area contributed by atoms with Crippen LogP contribution in [0.3, 0.4) is 0 Å². The first-order valence-electron chi connectivity index (χ1n) is 8.89. The number of nitrogens with one attached hydrogen (secondary N) is 2. The third kappa shape index (κ3) is 6.35. The average Bonchev–Trinajstić information content (AvgIpc) is 2.57. The molecule has 1 fully saturated rings. The smallest absolute Gasteiger partial charge is 0.251 e. The number of hydrogen-bond acceptors (Lipinski definition) is 3. The first kappa shape index (κ1) is 19.2. The van der Waals surface area contributed by atoms with E-state index in [4.69, 9.17) is 5.11 Å². The average molecular weight is 344 g/mol. The molecule has 5 nitrogen and oxygen atoms in total. The molecule has 0 aromatic heterocycles. The van der Waals surface area contributed by atoms with Crippen LogP contribution in [0.25, 0.3) is 0 Å². The van der Waals surface area contributed by atoms with Gasteiger partial charge in [0.05, 0.1) is 0 Å². The first-order chi connectivity index (χ1) is 11.9. The highest BCUT2D eigenvalue weighted by Crippen LogP contribution is 2.37. The number of allylic oxidation sites excluding steroid dienone is 1. The predicted molar refractivity (Wildman–Crippen MR) is 99.4 cm³/mol. The van der Waals surface area contributed by atoms with Gasteiger partial charge in [-0.25, -0.2) is 0 Å². The molecular weight excluding hydrogens is 316 g/mol. The molecule has 25 heavy (non-hydrogen) atoms.